The summed E-state index contributed by atoms with van der Waals surface area (Å²) >= 11 is 1.27. The van der Waals surface area contributed by atoms with Crippen molar-refractivity contribution >= 4 is 38.7 Å². The third kappa shape index (κ3) is 3.45. The van der Waals surface area contributed by atoms with E-state index >= 15 is 0 Å². The summed E-state index contributed by atoms with van der Waals surface area (Å²) in [6.45, 7) is 0.889. The Balaban J connectivity index is 1.53. The second-order valence-electron chi connectivity index (χ2n) is 8.02. The molecular weight excluding hydrogens is 406 g/mol. The van der Waals surface area contributed by atoms with Gasteiger partial charge in [0.1, 0.15) is 15.6 Å². The van der Waals surface area contributed by atoms with Gasteiger partial charge in [-0.15, -0.1) is 11.3 Å². The lowest BCUT2D eigenvalue weighted by molar-refractivity contribution is 0.294. The molecule has 2 N–H and O–H groups in total. The van der Waals surface area contributed by atoms with Gasteiger partial charge in [0.25, 0.3) is 10.0 Å². The molecule has 7 nitrogen and oxygen atoms in total. The van der Waals surface area contributed by atoms with E-state index in [4.69, 9.17) is 4.99 Å². The Morgan fingerprint density at radius 2 is 2.07 bits per heavy atom. The lowest BCUT2D eigenvalue weighted by Gasteiger charge is -2.46. The molecule has 29 heavy (non-hydrogen) atoms. The van der Waals surface area contributed by atoms with Crippen molar-refractivity contribution in [1.82, 2.24) is 9.29 Å². The molecule has 1 saturated carbocycles. The minimum absolute atomic E-state index is 0.297. The molecule has 1 atom stereocenters. The number of fused-ring (bicyclic) bond motifs is 1. The van der Waals surface area contributed by atoms with Crippen LogP contribution in [0.4, 0.5) is 11.5 Å². The van der Waals surface area contributed by atoms with E-state index < -0.39 is 15.6 Å². The van der Waals surface area contributed by atoms with E-state index in [1.54, 1.807) is 22.6 Å². The van der Waals surface area contributed by atoms with E-state index in [1.165, 1.54) is 24.2 Å². The summed E-state index contributed by atoms with van der Waals surface area (Å²) in [6.07, 6.45) is 7.95. The minimum atomic E-state index is -3.51. The number of thiophene rings is 1. The predicted molar refractivity (Wildman–Crippen MR) is 116 cm³/mol. The lowest BCUT2D eigenvalue weighted by atomic mass is 9.86. The SMILES string of the molecule is O=S(=O)(c1cccs1)N1CCC[C@@]2(C1)Nc1cccnc1NC2=NC1CCCC1. The Kier molecular flexibility index (Phi) is 4.84. The smallest absolute Gasteiger partial charge is 0.252 e. The molecule has 1 saturated heterocycles. The van der Waals surface area contributed by atoms with Gasteiger partial charge in [-0.1, -0.05) is 18.9 Å². The molecule has 2 aromatic heterocycles. The molecule has 0 bridgehead atoms. The Bertz CT molecular complexity index is 1020. The zero-order valence-electron chi connectivity index (χ0n) is 16.2. The van der Waals surface area contributed by atoms with Crippen LogP contribution in [0.1, 0.15) is 38.5 Å². The van der Waals surface area contributed by atoms with Gasteiger partial charge in [0.15, 0.2) is 5.82 Å². The second kappa shape index (κ2) is 7.37. The summed E-state index contributed by atoms with van der Waals surface area (Å²) in [6, 6.07) is 7.64. The summed E-state index contributed by atoms with van der Waals surface area (Å²) in [5, 5.41) is 8.88. The number of piperidine rings is 1. The number of pyridine rings is 1. The Labute approximate surface area is 175 Å². The van der Waals surface area contributed by atoms with Gasteiger partial charge in [-0.05, 0) is 49.3 Å². The van der Waals surface area contributed by atoms with Crippen molar-refractivity contribution in [3.8, 4) is 0 Å². The van der Waals surface area contributed by atoms with Gasteiger partial charge in [0, 0.05) is 19.3 Å². The van der Waals surface area contributed by atoms with E-state index in [1.807, 2.05) is 17.5 Å². The van der Waals surface area contributed by atoms with Crippen molar-refractivity contribution in [3.63, 3.8) is 0 Å². The maximum Gasteiger partial charge on any atom is 0.252 e. The zero-order valence-corrected chi connectivity index (χ0v) is 17.8. The Morgan fingerprint density at radius 1 is 1.21 bits per heavy atom. The van der Waals surface area contributed by atoms with Crippen LogP contribution < -0.4 is 10.6 Å². The molecule has 2 aliphatic heterocycles. The van der Waals surface area contributed by atoms with Crippen LogP contribution in [0.3, 0.4) is 0 Å². The highest BCUT2D eigenvalue weighted by Crippen LogP contribution is 2.37. The molecule has 0 radical (unpaired) electrons. The number of rotatable bonds is 3. The van der Waals surface area contributed by atoms with Gasteiger partial charge >= 0.3 is 0 Å². The molecule has 3 aliphatic rings. The van der Waals surface area contributed by atoms with E-state index in [0.29, 0.717) is 23.3 Å². The number of amidine groups is 1. The standard InChI is InChI=1S/C20H25N5O2S2/c26-29(27,17-9-4-13-28-17)25-12-5-10-20(14-25)19(22-15-6-1-2-7-15)23-18-16(24-20)8-3-11-21-18/h3-4,8-9,11,13,15,24H,1-2,5-7,10,12,14H2,(H,21,22,23)/t20-/m0/s1. The van der Waals surface area contributed by atoms with Crippen LogP contribution in [-0.2, 0) is 10.0 Å². The maximum atomic E-state index is 13.2. The predicted octanol–water partition coefficient (Wildman–Crippen LogP) is 3.55. The molecule has 0 amide bonds. The molecule has 154 valence electrons. The van der Waals surface area contributed by atoms with Crippen LogP contribution in [0.5, 0.6) is 0 Å². The highest BCUT2D eigenvalue weighted by molar-refractivity contribution is 7.91. The third-order valence-electron chi connectivity index (χ3n) is 6.05. The summed E-state index contributed by atoms with van der Waals surface area (Å²) in [7, 11) is -3.51. The van der Waals surface area contributed by atoms with Crippen LogP contribution >= 0.6 is 11.3 Å². The number of nitrogens with zero attached hydrogens (tertiary/aromatic N) is 3. The van der Waals surface area contributed by atoms with Gasteiger partial charge in [-0.3, -0.25) is 4.99 Å². The van der Waals surface area contributed by atoms with Crippen molar-refractivity contribution in [2.24, 2.45) is 4.99 Å². The first kappa shape index (κ1) is 19.0. The number of nitrogens with one attached hydrogen (secondary N) is 2. The van der Waals surface area contributed by atoms with Crippen molar-refractivity contribution < 1.29 is 8.42 Å². The number of hydrogen-bond acceptors (Lipinski definition) is 6. The van der Waals surface area contributed by atoms with Crippen LogP contribution in [0, 0.1) is 0 Å². The lowest BCUT2D eigenvalue weighted by Crippen LogP contribution is -2.62. The quantitative estimate of drug-likeness (QED) is 0.776. The van der Waals surface area contributed by atoms with Gasteiger partial charge in [0.2, 0.25) is 0 Å². The average molecular weight is 432 g/mol. The maximum absolute atomic E-state index is 13.2. The minimum Gasteiger partial charge on any atom is -0.369 e. The van der Waals surface area contributed by atoms with E-state index in [2.05, 4.69) is 15.6 Å². The molecule has 2 aromatic rings. The van der Waals surface area contributed by atoms with Crippen LogP contribution in [0.25, 0.3) is 0 Å². The highest BCUT2D eigenvalue weighted by atomic mass is 32.2. The summed E-state index contributed by atoms with van der Waals surface area (Å²) in [5.74, 6) is 1.59. The molecule has 0 aromatic carbocycles. The van der Waals surface area contributed by atoms with Crippen LogP contribution in [0.2, 0.25) is 0 Å². The number of anilines is 2. The normalized spacial score (nSPS) is 27.0. The molecule has 4 heterocycles. The Hall–Kier alpha value is -1.97. The summed E-state index contributed by atoms with van der Waals surface area (Å²) in [5.41, 5.74) is 0.342. The van der Waals surface area contributed by atoms with Gasteiger partial charge in [0.05, 0.1) is 11.7 Å². The number of aliphatic imine (C=N–C) groups is 1. The van der Waals surface area contributed by atoms with E-state index in [-0.39, 0.29) is 0 Å². The van der Waals surface area contributed by atoms with Gasteiger partial charge < -0.3 is 10.6 Å². The van der Waals surface area contributed by atoms with Gasteiger partial charge in [-0.25, -0.2) is 13.4 Å². The molecule has 0 unspecified atom stereocenters. The first-order valence-electron chi connectivity index (χ1n) is 10.2. The molecule has 1 spiro atoms. The first-order chi connectivity index (χ1) is 14.1. The fourth-order valence-electron chi connectivity index (χ4n) is 4.58. The van der Waals surface area contributed by atoms with Crippen molar-refractivity contribution in [2.45, 2.75) is 54.3 Å². The van der Waals surface area contributed by atoms with Crippen LogP contribution in [-0.4, -0.2) is 48.2 Å². The van der Waals surface area contributed by atoms with Crippen LogP contribution in [0.15, 0.2) is 45.0 Å². The Morgan fingerprint density at radius 3 is 2.86 bits per heavy atom. The van der Waals surface area contributed by atoms with E-state index in [9.17, 15) is 8.42 Å². The number of hydrogen-bond donors (Lipinski definition) is 2. The van der Waals surface area contributed by atoms with Crippen molar-refractivity contribution in [3.05, 3.63) is 35.8 Å². The van der Waals surface area contributed by atoms with Crippen molar-refractivity contribution in [2.75, 3.05) is 23.7 Å². The number of sulfonamides is 1. The zero-order chi connectivity index (χ0) is 19.9. The second-order valence-corrected chi connectivity index (χ2v) is 11.1. The van der Waals surface area contributed by atoms with E-state index in [0.717, 1.165) is 43.0 Å². The third-order valence-corrected chi connectivity index (χ3v) is 9.27. The largest absolute Gasteiger partial charge is 0.369 e. The molecule has 1 aliphatic carbocycles. The van der Waals surface area contributed by atoms with Crippen molar-refractivity contribution in [1.29, 1.82) is 0 Å². The topological polar surface area (TPSA) is 86.7 Å². The fraction of sp³-hybridized carbons (Fsp3) is 0.500. The average Bonchev–Trinajstić information content (AvgIpc) is 3.43. The molecule has 9 heteroatoms. The highest BCUT2D eigenvalue weighted by Gasteiger charge is 2.47. The molecular formula is C20H25N5O2S2. The fourth-order valence-corrected chi connectivity index (χ4v) is 7.26. The molecule has 2 fully saturated rings. The monoisotopic (exact) mass is 431 g/mol. The van der Waals surface area contributed by atoms with Gasteiger partial charge in [-0.2, -0.15) is 4.31 Å². The summed E-state index contributed by atoms with van der Waals surface area (Å²) in [4.78, 5) is 9.52. The summed E-state index contributed by atoms with van der Waals surface area (Å²) < 4.78 is 28.4. The number of aromatic nitrogens is 1. The first-order valence-corrected chi connectivity index (χ1v) is 12.5. The molecule has 5 rings (SSSR count).